The summed E-state index contributed by atoms with van der Waals surface area (Å²) < 4.78 is 5.89. The van der Waals surface area contributed by atoms with Crippen LogP contribution in [-0.2, 0) is 6.54 Å². The fourth-order valence-corrected chi connectivity index (χ4v) is 4.28. The summed E-state index contributed by atoms with van der Waals surface area (Å²) in [7, 11) is 0. The number of halogens is 1. The van der Waals surface area contributed by atoms with E-state index in [4.69, 9.17) is 21.2 Å². The van der Waals surface area contributed by atoms with E-state index in [0.717, 1.165) is 43.5 Å². The molecule has 3 aromatic rings. The van der Waals surface area contributed by atoms with Crippen molar-refractivity contribution in [3.63, 3.8) is 0 Å². The van der Waals surface area contributed by atoms with Crippen LogP contribution in [0.5, 0.6) is 0 Å². The van der Waals surface area contributed by atoms with Crippen LogP contribution in [0.3, 0.4) is 0 Å². The average Bonchev–Trinajstić information content (AvgIpc) is 3.29. The largest absolute Gasteiger partial charge is 0.451 e. The molecule has 0 aliphatic carbocycles. The van der Waals surface area contributed by atoms with Crippen LogP contribution in [0.1, 0.15) is 35.1 Å². The Morgan fingerprint density at radius 1 is 0.939 bits per heavy atom. The highest BCUT2D eigenvalue weighted by molar-refractivity contribution is 6.30. The van der Waals surface area contributed by atoms with Crippen LogP contribution in [0.4, 0.5) is 0 Å². The Kier molecular flexibility index (Phi) is 8.56. The molecular formula is C26H29ClN4O2. The monoisotopic (exact) mass is 464 g/mol. The zero-order chi connectivity index (χ0) is 22.9. The summed E-state index contributed by atoms with van der Waals surface area (Å²) in [5.74, 6) is 7.65. The molecule has 1 aromatic heterocycles. The van der Waals surface area contributed by atoms with Gasteiger partial charge in [0, 0.05) is 44.2 Å². The molecule has 1 fully saturated rings. The smallest absolute Gasteiger partial charge is 0.177 e. The summed E-state index contributed by atoms with van der Waals surface area (Å²) in [5, 5.41) is 9.23. The third-order valence-electron chi connectivity index (χ3n) is 5.78. The van der Waals surface area contributed by atoms with E-state index in [0.29, 0.717) is 18.7 Å². The van der Waals surface area contributed by atoms with Gasteiger partial charge in [0.1, 0.15) is 5.76 Å². The van der Waals surface area contributed by atoms with Gasteiger partial charge in [-0.1, -0.05) is 60.0 Å². The van der Waals surface area contributed by atoms with Crippen molar-refractivity contribution in [2.45, 2.75) is 19.0 Å². The molecule has 1 saturated heterocycles. The first kappa shape index (κ1) is 23.5. The van der Waals surface area contributed by atoms with Gasteiger partial charge < -0.3 is 9.62 Å². The van der Waals surface area contributed by atoms with Crippen molar-refractivity contribution in [1.82, 2.24) is 20.8 Å². The zero-order valence-electron chi connectivity index (χ0n) is 18.5. The minimum atomic E-state index is 0.214. The molecule has 0 amide bonds. The van der Waals surface area contributed by atoms with Crippen molar-refractivity contribution in [2.75, 3.05) is 32.7 Å². The van der Waals surface area contributed by atoms with Gasteiger partial charge in [0.2, 0.25) is 0 Å². The molecule has 3 N–H and O–H groups in total. The van der Waals surface area contributed by atoms with Crippen molar-refractivity contribution in [1.29, 1.82) is 0 Å². The number of hydrogen-bond donors (Lipinski definition) is 3. The number of hydrogen-bond acceptors (Lipinski definition) is 6. The first-order valence-electron chi connectivity index (χ1n) is 11.2. The number of rotatable bonds is 8. The molecule has 1 atom stereocenters. The average molecular weight is 465 g/mol. The van der Waals surface area contributed by atoms with Crippen LogP contribution in [-0.4, -0.2) is 47.7 Å². The summed E-state index contributed by atoms with van der Waals surface area (Å²) in [6.07, 6.45) is 0.613. The number of benzene rings is 2. The normalized spacial score (nSPS) is 15.7. The first-order valence-corrected chi connectivity index (χ1v) is 11.6. The minimum absolute atomic E-state index is 0.214. The highest BCUT2D eigenvalue weighted by Crippen LogP contribution is 2.30. The molecule has 4 rings (SSSR count). The lowest BCUT2D eigenvalue weighted by molar-refractivity contribution is 0.0996. The summed E-state index contributed by atoms with van der Waals surface area (Å²) in [6.45, 7) is 5.23. The maximum absolute atomic E-state index is 8.47. The lowest BCUT2D eigenvalue weighted by Gasteiger charge is -2.39. The zero-order valence-corrected chi connectivity index (χ0v) is 19.3. The second-order valence-electron chi connectivity index (χ2n) is 8.03. The minimum Gasteiger partial charge on any atom is -0.451 e. The molecule has 0 radical (unpaired) electrons. The van der Waals surface area contributed by atoms with Gasteiger partial charge in [0.05, 0.1) is 12.6 Å². The number of piperazine rings is 1. The van der Waals surface area contributed by atoms with E-state index in [9.17, 15) is 0 Å². The maximum atomic E-state index is 8.47. The van der Waals surface area contributed by atoms with Crippen molar-refractivity contribution >= 4 is 11.6 Å². The van der Waals surface area contributed by atoms with E-state index in [1.807, 2.05) is 29.9 Å². The SMILES string of the molecule is ONNCCC#Cc1ccc(CN2CCN([C@H](c3ccccc3)c3ccc(Cl)cc3)CC2)o1. The topological polar surface area (TPSA) is 63.9 Å². The first-order chi connectivity index (χ1) is 16.2. The molecule has 0 unspecified atom stereocenters. The van der Waals surface area contributed by atoms with Gasteiger partial charge in [-0.3, -0.25) is 9.80 Å². The van der Waals surface area contributed by atoms with E-state index in [1.165, 1.54) is 11.1 Å². The molecule has 2 heterocycles. The number of nitrogens with zero attached hydrogens (tertiary/aromatic N) is 2. The Bertz CT molecular complexity index is 1050. The predicted molar refractivity (Wildman–Crippen MR) is 130 cm³/mol. The van der Waals surface area contributed by atoms with Gasteiger partial charge in [-0.25, -0.2) is 5.43 Å². The van der Waals surface area contributed by atoms with E-state index in [1.54, 1.807) is 0 Å². The fourth-order valence-electron chi connectivity index (χ4n) is 4.16. The van der Waals surface area contributed by atoms with E-state index >= 15 is 0 Å². The Hall–Kier alpha value is -2.63. The maximum Gasteiger partial charge on any atom is 0.177 e. The molecule has 2 aromatic carbocycles. The van der Waals surface area contributed by atoms with E-state index in [2.05, 4.69) is 69.5 Å². The van der Waals surface area contributed by atoms with Crippen LogP contribution < -0.4 is 11.0 Å². The van der Waals surface area contributed by atoms with E-state index in [-0.39, 0.29) is 6.04 Å². The standard InChI is InChI=1S/C26H29ClN4O2/c27-23-11-9-22(10-12-23)26(21-6-2-1-3-7-21)31-18-16-30(17-19-31)20-25-14-13-24(33-25)8-4-5-15-28-29-32/h1-3,6-7,9-14,26,28-29,32H,5,15-20H2/t26-/m1/s1. The van der Waals surface area contributed by atoms with Crippen molar-refractivity contribution < 1.29 is 9.62 Å². The second kappa shape index (κ2) is 12.0. The Labute approximate surface area is 200 Å². The quantitative estimate of drug-likeness (QED) is 0.265. The number of hydrazine groups is 1. The third-order valence-corrected chi connectivity index (χ3v) is 6.03. The Morgan fingerprint density at radius 2 is 1.67 bits per heavy atom. The lowest BCUT2D eigenvalue weighted by atomic mass is 9.96. The highest BCUT2D eigenvalue weighted by Gasteiger charge is 2.26. The summed E-state index contributed by atoms with van der Waals surface area (Å²) in [4.78, 5) is 4.97. The fraction of sp³-hybridized carbons (Fsp3) is 0.308. The summed E-state index contributed by atoms with van der Waals surface area (Å²) in [5.41, 5.74) is 7.04. The molecule has 1 aliphatic heterocycles. The lowest BCUT2D eigenvalue weighted by Crippen LogP contribution is -2.47. The van der Waals surface area contributed by atoms with Gasteiger partial charge in [-0.2, -0.15) is 0 Å². The summed E-state index contributed by atoms with van der Waals surface area (Å²) >= 11 is 6.14. The van der Waals surface area contributed by atoms with Crippen LogP contribution in [0.2, 0.25) is 5.02 Å². The molecule has 33 heavy (non-hydrogen) atoms. The number of nitrogens with one attached hydrogen (secondary N) is 2. The van der Waals surface area contributed by atoms with Gasteiger partial charge in [0.15, 0.2) is 5.76 Å². The second-order valence-corrected chi connectivity index (χ2v) is 8.47. The van der Waals surface area contributed by atoms with E-state index < -0.39 is 0 Å². The molecule has 7 heteroatoms. The highest BCUT2D eigenvalue weighted by atomic mass is 35.5. The van der Waals surface area contributed by atoms with Gasteiger partial charge in [-0.15, -0.1) is 5.59 Å². The third kappa shape index (κ3) is 6.68. The van der Waals surface area contributed by atoms with Crippen molar-refractivity contribution in [3.05, 3.63) is 94.4 Å². The molecule has 6 nitrogen and oxygen atoms in total. The summed E-state index contributed by atoms with van der Waals surface area (Å²) in [6, 6.07) is 23.0. The molecule has 172 valence electrons. The van der Waals surface area contributed by atoms with Gasteiger partial charge in [0.25, 0.3) is 0 Å². The Balaban J connectivity index is 1.36. The molecule has 0 spiro atoms. The van der Waals surface area contributed by atoms with Crippen LogP contribution >= 0.6 is 11.6 Å². The molecule has 1 aliphatic rings. The molecular weight excluding hydrogens is 436 g/mol. The predicted octanol–water partition coefficient (Wildman–Crippen LogP) is 4.07. The number of furan rings is 1. The molecule has 0 saturated carbocycles. The van der Waals surface area contributed by atoms with Crippen LogP contribution in [0.25, 0.3) is 0 Å². The van der Waals surface area contributed by atoms with Gasteiger partial charge in [-0.05, 0) is 41.3 Å². The van der Waals surface area contributed by atoms with Gasteiger partial charge >= 0.3 is 0 Å². The molecule has 0 bridgehead atoms. The van der Waals surface area contributed by atoms with Crippen LogP contribution in [0, 0.1) is 11.8 Å². The van der Waals surface area contributed by atoms with Crippen LogP contribution in [0.15, 0.2) is 71.1 Å². The van der Waals surface area contributed by atoms with Crippen molar-refractivity contribution in [3.8, 4) is 11.8 Å². The van der Waals surface area contributed by atoms with Crippen molar-refractivity contribution in [2.24, 2.45) is 0 Å². The Morgan fingerprint density at radius 3 is 2.39 bits per heavy atom.